The van der Waals surface area contributed by atoms with Crippen molar-refractivity contribution in [3.05, 3.63) is 67.0 Å². The normalized spacial score (nSPS) is 16.6. The molecule has 1 aliphatic heterocycles. The van der Waals surface area contributed by atoms with Gasteiger partial charge in [-0.3, -0.25) is 0 Å². The first-order valence-electron chi connectivity index (χ1n) is 9.59. The van der Waals surface area contributed by atoms with Gasteiger partial charge < -0.3 is 10.2 Å². The molecular formula is C22H21N6. The molecule has 5 rings (SSSR count). The number of aromatic nitrogens is 4. The Morgan fingerprint density at radius 2 is 2.18 bits per heavy atom. The van der Waals surface area contributed by atoms with Crippen LogP contribution in [0.1, 0.15) is 19.8 Å². The highest BCUT2D eigenvalue weighted by Gasteiger charge is 2.21. The first kappa shape index (κ1) is 16.7. The lowest BCUT2D eigenvalue weighted by Gasteiger charge is -2.23. The highest BCUT2D eigenvalue weighted by Crippen LogP contribution is 2.28. The summed E-state index contributed by atoms with van der Waals surface area (Å²) in [5.74, 6) is 1.82. The zero-order valence-electron chi connectivity index (χ0n) is 15.7. The average Bonchev–Trinajstić information content (AvgIpc) is 3.38. The Morgan fingerprint density at radius 1 is 1.21 bits per heavy atom. The highest BCUT2D eigenvalue weighted by molar-refractivity contribution is 5.77. The summed E-state index contributed by atoms with van der Waals surface area (Å²) in [6.45, 7) is 3.32. The van der Waals surface area contributed by atoms with Gasteiger partial charge in [-0.2, -0.15) is 5.10 Å². The molecule has 0 saturated carbocycles. The first-order valence-corrected chi connectivity index (χ1v) is 9.59. The monoisotopic (exact) mass is 369 g/mol. The van der Waals surface area contributed by atoms with Crippen LogP contribution in [0, 0.1) is 6.07 Å². The largest absolute Gasteiger partial charge is 0.354 e. The summed E-state index contributed by atoms with van der Waals surface area (Å²) in [6, 6.07) is 19.6. The smallest absolute Gasteiger partial charge is 0.177 e. The van der Waals surface area contributed by atoms with Crippen LogP contribution in [0.5, 0.6) is 0 Å². The van der Waals surface area contributed by atoms with Crippen molar-refractivity contribution < 1.29 is 0 Å². The Labute approximate surface area is 163 Å². The second kappa shape index (κ2) is 6.96. The quantitative estimate of drug-likeness (QED) is 0.580. The van der Waals surface area contributed by atoms with E-state index in [-0.39, 0.29) is 0 Å². The van der Waals surface area contributed by atoms with E-state index in [2.05, 4.69) is 39.4 Å². The zero-order chi connectivity index (χ0) is 18.9. The third-order valence-electron chi connectivity index (χ3n) is 5.21. The molecule has 6 heteroatoms. The maximum absolute atomic E-state index is 4.85. The Balaban J connectivity index is 1.52. The van der Waals surface area contributed by atoms with Crippen LogP contribution in [-0.2, 0) is 0 Å². The second-order valence-electron chi connectivity index (χ2n) is 7.12. The van der Waals surface area contributed by atoms with E-state index in [1.165, 1.54) is 12.8 Å². The SMILES string of the molecule is CC1CCCN1c1cccc(Nc2cc(-c3c[c]ccc3)nn3ccnc23)n1. The van der Waals surface area contributed by atoms with Crippen molar-refractivity contribution in [3.8, 4) is 11.3 Å². The summed E-state index contributed by atoms with van der Waals surface area (Å²) in [7, 11) is 0. The molecule has 4 aromatic rings. The van der Waals surface area contributed by atoms with Crippen LogP contribution in [0.3, 0.4) is 0 Å². The molecule has 1 unspecified atom stereocenters. The minimum atomic E-state index is 0.531. The van der Waals surface area contributed by atoms with E-state index in [0.29, 0.717) is 6.04 Å². The van der Waals surface area contributed by atoms with Gasteiger partial charge in [0.25, 0.3) is 0 Å². The second-order valence-corrected chi connectivity index (χ2v) is 7.12. The number of hydrogen-bond donors (Lipinski definition) is 1. The van der Waals surface area contributed by atoms with Gasteiger partial charge in [0, 0.05) is 30.5 Å². The third kappa shape index (κ3) is 3.07. The van der Waals surface area contributed by atoms with Crippen molar-refractivity contribution in [2.45, 2.75) is 25.8 Å². The fraction of sp³-hybridized carbons (Fsp3) is 0.227. The van der Waals surface area contributed by atoms with Crippen molar-refractivity contribution in [3.63, 3.8) is 0 Å². The molecule has 1 aromatic carbocycles. The van der Waals surface area contributed by atoms with Crippen molar-refractivity contribution >= 4 is 23.0 Å². The maximum Gasteiger partial charge on any atom is 0.177 e. The number of hydrogen-bond acceptors (Lipinski definition) is 5. The molecule has 1 atom stereocenters. The van der Waals surface area contributed by atoms with E-state index >= 15 is 0 Å². The standard InChI is InChI=1S/C22H21N6/c1-16-7-6-13-27(16)21-11-5-10-20(25-21)24-19-15-18(17-8-3-2-4-9-17)26-28-14-12-23-22(19)28/h2-3,5,8-12,14-16H,6-7,13H2,1H3,(H,24,25). The van der Waals surface area contributed by atoms with Gasteiger partial charge >= 0.3 is 0 Å². The minimum absolute atomic E-state index is 0.531. The van der Waals surface area contributed by atoms with Crippen LogP contribution in [-0.4, -0.2) is 32.2 Å². The average molecular weight is 369 g/mol. The van der Waals surface area contributed by atoms with E-state index in [9.17, 15) is 0 Å². The lowest BCUT2D eigenvalue weighted by Crippen LogP contribution is -2.27. The van der Waals surface area contributed by atoms with Gasteiger partial charge in [0.2, 0.25) is 0 Å². The van der Waals surface area contributed by atoms with E-state index < -0.39 is 0 Å². The van der Waals surface area contributed by atoms with Crippen LogP contribution < -0.4 is 10.2 Å². The number of pyridine rings is 1. The van der Waals surface area contributed by atoms with Gasteiger partial charge in [-0.15, -0.1) is 0 Å². The summed E-state index contributed by atoms with van der Waals surface area (Å²) >= 11 is 0. The molecule has 0 spiro atoms. The number of anilines is 3. The van der Waals surface area contributed by atoms with Crippen LogP contribution >= 0.6 is 0 Å². The number of imidazole rings is 1. The van der Waals surface area contributed by atoms with Gasteiger partial charge in [-0.1, -0.05) is 24.3 Å². The summed E-state index contributed by atoms with van der Waals surface area (Å²) in [5, 5.41) is 8.11. The minimum Gasteiger partial charge on any atom is -0.354 e. The lowest BCUT2D eigenvalue weighted by atomic mass is 10.1. The van der Waals surface area contributed by atoms with E-state index in [1.807, 2.05) is 48.7 Å². The number of benzene rings is 1. The van der Waals surface area contributed by atoms with Crippen molar-refractivity contribution in [2.75, 3.05) is 16.8 Å². The Hall–Kier alpha value is -3.41. The molecule has 3 aromatic heterocycles. The van der Waals surface area contributed by atoms with Gasteiger partial charge in [-0.25, -0.2) is 14.5 Å². The molecule has 139 valence electrons. The molecule has 1 radical (unpaired) electrons. The van der Waals surface area contributed by atoms with Crippen LogP contribution in [0.2, 0.25) is 0 Å². The van der Waals surface area contributed by atoms with Gasteiger partial charge in [0.05, 0.1) is 11.4 Å². The summed E-state index contributed by atoms with van der Waals surface area (Å²) in [4.78, 5) is 11.7. The molecular weight excluding hydrogens is 348 g/mol. The zero-order valence-corrected chi connectivity index (χ0v) is 15.7. The van der Waals surface area contributed by atoms with Crippen molar-refractivity contribution in [2.24, 2.45) is 0 Å². The topological polar surface area (TPSA) is 58.4 Å². The van der Waals surface area contributed by atoms with Crippen molar-refractivity contribution in [1.82, 2.24) is 19.6 Å². The highest BCUT2D eigenvalue weighted by atomic mass is 15.3. The predicted molar refractivity (Wildman–Crippen MR) is 111 cm³/mol. The third-order valence-corrected chi connectivity index (χ3v) is 5.21. The summed E-state index contributed by atoms with van der Waals surface area (Å²) in [5.41, 5.74) is 3.51. The number of rotatable bonds is 4. The molecule has 0 amide bonds. The molecule has 1 fully saturated rings. The molecule has 6 nitrogen and oxygen atoms in total. The molecule has 28 heavy (non-hydrogen) atoms. The molecule has 1 N–H and O–H groups in total. The fourth-order valence-corrected chi connectivity index (χ4v) is 3.77. The van der Waals surface area contributed by atoms with Crippen LogP contribution in [0.4, 0.5) is 17.3 Å². The van der Waals surface area contributed by atoms with Gasteiger partial charge in [0.15, 0.2) is 5.65 Å². The Morgan fingerprint density at radius 3 is 3.00 bits per heavy atom. The number of nitrogens with one attached hydrogen (secondary N) is 1. The van der Waals surface area contributed by atoms with E-state index in [1.54, 1.807) is 10.7 Å². The summed E-state index contributed by atoms with van der Waals surface area (Å²) < 4.78 is 1.79. The predicted octanol–water partition coefficient (Wildman–Crippen LogP) is 4.32. The Bertz CT molecular complexity index is 1100. The van der Waals surface area contributed by atoms with Crippen molar-refractivity contribution in [1.29, 1.82) is 0 Å². The fourth-order valence-electron chi connectivity index (χ4n) is 3.77. The van der Waals surface area contributed by atoms with E-state index in [4.69, 9.17) is 4.98 Å². The maximum atomic E-state index is 4.85. The number of nitrogens with zero attached hydrogens (tertiary/aromatic N) is 5. The molecule has 4 heterocycles. The van der Waals surface area contributed by atoms with Gasteiger partial charge in [-0.05, 0) is 50.1 Å². The van der Waals surface area contributed by atoms with Crippen LogP contribution in [0.25, 0.3) is 16.9 Å². The number of fused-ring (bicyclic) bond motifs is 1. The van der Waals surface area contributed by atoms with E-state index in [0.717, 1.165) is 40.8 Å². The molecule has 1 saturated heterocycles. The molecule has 1 aliphatic rings. The van der Waals surface area contributed by atoms with Gasteiger partial charge in [0.1, 0.15) is 11.6 Å². The summed E-state index contributed by atoms with van der Waals surface area (Å²) in [6.07, 6.45) is 6.05. The molecule has 0 bridgehead atoms. The Kier molecular flexibility index (Phi) is 4.16. The molecule has 0 aliphatic carbocycles. The first-order chi connectivity index (χ1) is 13.8. The van der Waals surface area contributed by atoms with Crippen LogP contribution in [0.15, 0.2) is 60.9 Å². The lowest BCUT2D eigenvalue weighted by molar-refractivity contribution is 0.727.